The van der Waals surface area contributed by atoms with Crippen LogP contribution in [0.3, 0.4) is 0 Å². The Labute approximate surface area is 215 Å². The SMILES string of the molecule is CC(C)CCC[C@@H](C)CCOc1cc(CBr)c(OCC[C@H](C)CCCC(C)C)cc1CBr. The fourth-order valence-electron chi connectivity index (χ4n) is 3.90. The predicted octanol–water partition coefficient (Wildman–Crippen LogP) is 9.94. The lowest BCUT2D eigenvalue weighted by Crippen LogP contribution is -2.08. The van der Waals surface area contributed by atoms with Gasteiger partial charge in [0.2, 0.25) is 0 Å². The van der Waals surface area contributed by atoms with Gasteiger partial charge in [-0.3, -0.25) is 0 Å². The van der Waals surface area contributed by atoms with Gasteiger partial charge in [-0.1, -0.05) is 112 Å². The number of alkyl halides is 2. The molecule has 0 heterocycles. The minimum Gasteiger partial charge on any atom is -0.493 e. The second kappa shape index (κ2) is 17.2. The van der Waals surface area contributed by atoms with Crippen LogP contribution in [-0.4, -0.2) is 13.2 Å². The molecule has 0 radical (unpaired) electrons. The summed E-state index contributed by atoms with van der Waals surface area (Å²) in [5.74, 6) is 5.00. The number of hydrogen-bond acceptors (Lipinski definition) is 2. The highest BCUT2D eigenvalue weighted by atomic mass is 79.9. The van der Waals surface area contributed by atoms with Gasteiger partial charge in [0, 0.05) is 21.8 Å². The summed E-state index contributed by atoms with van der Waals surface area (Å²) in [6.45, 7) is 15.5. The Morgan fingerprint density at radius 1 is 0.594 bits per heavy atom. The summed E-state index contributed by atoms with van der Waals surface area (Å²) in [6.07, 6.45) is 10.1. The first-order valence-corrected chi connectivity index (χ1v) is 15.0. The van der Waals surface area contributed by atoms with Crippen molar-refractivity contribution in [3.05, 3.63) is 23.3 Å². The molecule has 2 nitrogen and oxygen atoms in total. The molecule has 32 heavy (non-hydrogen) atoms. The molecule has 0 aliphatic heterocycles. The van der Waals surface area contributed by atoms with Crippen LogP contribution in [0.5, 0.6) is 11.5 Å². The number of halogens is 2. The molecule has 186 valence electrons. The van der Waals surface area contributed by atoms with E-state index in [9.17, 15) is 0 Å². The van der Waals surface area contributed by atoms with E-state index in [-0.39, 0.29) is 0 Å². The Balaban J connectivity index is 2.55. The summed E-state index contributed by atoms with van der Waals surface area (Å²) < 4.78 is 12.4. The standard InChI is InChI=1S/C28H48Br2O2/c1-21(2)9-7-11-23(5)13-15-31-27-17-26(20-30)28(18-25(27)19-29)32-16-14-24(6)12-8-10-22(3)4/h17-18,21-24H,7-16,19-20H2,1-6H3/t23-,24-/m1/s1. The van der Waals surface area contributed by atoms with E-state index in [1.54, 1.807) is 0 Å². The second-order valence-corrected chi connectivity index (χ2v) is 11.6. The van der Waals surface area contributed by atoms with Crippen LogP contribution in [0.4, 0.5) is 0 Å². The Hall–Kier alpha value is -0.220. The molecule has 2 atom stereocenters. The van der Waals surface area contributed by atoms with Crippen molar-refractivity contribution in [3.8, 4) is 11.5 Å². The molecule has 0 aromatic heterocycles. The van der Waals surface area contributed by atoms with E-state index in [0.717, 1.165) is 60.1 Å². The number of ether oxygens (including phenoxy) is 2. The van der Waals surface area contributed by atoms with Crippen LogP contribution in [0.1, 0.15) is 104 Å². The molecule has 0 bridgehead atoms. The number of rotatable bonds is 18. The molecule has 0 spiro atoms. The summed E-state index contributed by atoms with van der Waals surface area (Å²) >= 11 is 7.28. The third kappa shape index (κ3) is 12.9. The molecule has 1 aromatic carbocycles. The Kier molecular flexibility index (Phi) is 16.1. The molecule has 0 saturated heterocycles. The van der Waals surface area contributed by atoms with Gasteiger partial charge in [-0.05, 0) is 48.6 Å². The highest BCUT2D eigenvalue weighted by molar-refractivity contribution is 9.08. The number of hydrogen-bond donors (Lipinski definition) is 0. The lowest BCUT2D eigenvalue weighted by molar-refractivity contribution is 0.266. The quantitative estimate of drug-likeness (QED) is 0.162. The number of benzene rings is 1. The Morgan fingerprint density at radius 2 is 0.969 bits per heavy atom. The van der Waals surface area contributed by atoms with Gasteiger partial charge in [0.25, 0.3) is 0 Å². The zero-order chi connectivity index (χ0) is 23.9. The molecule has 4 heteroatoms. The van der Waals surface area contributed by atoms with Gasteiger partial charge < -0.3 is 9.47 Å². The topological polar surface area (TPSA) is 18.5 Å². The van der Waals surface area contributed by atoms with Gasteiger partial charge in [-0.2, -0.15) is 0 Å². The zero-order valence-corrected chi connectivity index (χ0v) is 24.7. The predicted molar refractivity (Wildman–Crippen MR) is 148 cm³/mol. The first kappa shape index (κ1) is 29.8. The Bertz CT molecular complexity index is 562. The zero-order valence-electron chi connectivity index (χ0n) is 21.5. The van der Waals surface area contributed by atoms with Crippen molar-refractivity contribution in [1.29, 1.82) is 0 Å². The fourth-order valence-corrected chi connectivity index (χ4v) is 4.78. The summed E-state index contributed by atoms with van der Waals surface area (Å²) in [4.78, 5) is 0. The normalized spacial score (nSPS) is 13.6. The van der Waals surface area contributed by atoms with E-state index >= 15 is 0 Å². The van der Waals surface area contributed by atoms with E-state index < -0.39 is 0 Å². The maximum atomic E-state index is 6.22. The fraction of sp³-hybridized carbons (Fsp3) is 0.786. The van der Waals surface area contributed by atoms with Crippen molar-refractivity contribution < 1.29 is 9.47 Å². The van der Waals surface area contributed by atoms with E-state index in [1.165, 1.54) is 49.7 Å². The molecule has 0 unspecified atom stereocenters. The van der Waals surface area contributed by atoms with Gasteiger partial charge in [0.15, 0.2) is 0 Å². The summed E-state index contributed by atoms with van der Waals surface area (Å²) in [5, 5.41) is 1.55. The maximum absolute atomic E-state index is 6.22. The molecular formula is C28H48Br2O2. The van der Waals surface area contributed by atoms with Crippen LogP contribution in [-0.2, 0) is 10.7 Å². The van der Waals surface area contributed by atoms with Gasteiger partial charge in [0.05, 0.1) is 13.2 Å². The maximum Gasteiger partial charge on any atom is 0.123 e. The second-order valence-electron chi connectivity index (χ2n) is 10.5. The summed E-state index contributed by atoms with van der Waals surface area (Å²) in [5.41, 5.74) is 2.34. The molecule has 1 aromatic rings. The van der Waals surface area contributed by atoms with E-state index in [2.05, 4.69) is 85.5 Å². The van der Waals surface area contributed by atoms with Crippen molar-refractivity contribution >= 4 is 31.9 Å². The smallest absolute Gasteiger partial charge is 0.123 e. The first-order valence-electron chi connectivity index (χ1n) is 12.8. The van der Waals surface area contributed by atoms with Crippen molar-refractivity contribution in [2.75, 3.05) is 13.2 Å². The summed E-state index contributed by atoms with van der Waals surface area (Å²) in [6, 6.07) is 4.33. The molecule has 0 amide bonds. The van der Waals surface area contributed by atoms with Crippen LogP contribution in [0, 0.1) is 23.7 Å². The largest absolute Gasteiger partial charge is 0.493 e. The molecule has 0 fully saturated rings. The summed E-state index contributed by atoms with van der Waals surface area (Å²) in [7, 11) is 0. The Morgan fingerprint density at radius 3 is 1.28 bits per heavy atom. The van der Waals surface area contributed by atoms with Crippen molar-refractivity contribution in [3.63, 3.8) is 0 Å². The van der Waals surface area contributed by atoms with E-state index in [4.69, 9.17) is 9.47 Å². The minimum absolute atomic E-state index is 0.710. The van der Waals surface area contributed by atoms with Gasteiger partial charge >= 0.3 is 0 Å². The van der Waals surface area contributed by atoms with Crippen LogP contribution in [0.25, 0.3) is 0 Å². The molecule has 0 aliphatic carbocycles. The molecule has 0 saturated carbocycles. The van der Waals surface area contributed by atoms with E-state index in [0.29, 0.717) is 11.8 Å². The molecule has 0 aliphatic rings. The lowest BCUT2D eigenvalue weighted by atomic mass is 9.97. The van der Waals surface area contributed by atoms with Gasteiger partial charge in [-0.15, -0.1) is 0 Å². The first-order chi connectivity index (χ1) is 15.3. The van der Waals surface area contributed by atoms with E-state index in [1.807, 2.05) is 0 Å². The monoisotopic (exact) mass is 574 g/mol. The molecule has 0 N–H and O–H groups in total. The van der Waals surface area contributed by atoms with Crippen LogP contribution >= 0.6 is 31.9 Å². The van der Waals surface area contributed by atoms with Crippen LogP contribution < -0.4 is 9.47 Å². The van der Waals surface area contributed by atoms with Gasteiger partial charge in [-0.25, -0.2) is 0 Å². The lowest BCUT2D eigenvalue weighted by Gasteiger charge is -2.18. The third-order valence-corrected chi connectivity index (χ3v) is 7.43. The highest BCUT2D eigenvalue weighted by Gasteiger charge is 2.13. The average molecular weight is 576 g/mol. The van der Waals surface area contributed by atoms with Crippen molar-refractivity contribution in [2.45, 2.75) is 104 Å². The van der Waals surface area contributed by atoms with Crippen LogP contribution in [0.2, 0.25) is 0 Å². The van der Waals surface area contributed by atoms with Crippen molar-refractivity contribution in [1.82, 2.24) is 0 Å². The molecule has 1 rings (SSSR count). The third-order valence-electron chi connectivity index (χ3n) is 6.22. The minimum atomic E-state index is 0.710. The van der Waals surface area contributed by atoms with Crippen molar-refractivity contribution in [2.24, 2.45) is 23.7 Å². The van der Waals surface area contributed by atoms with Gasteiger partial charge in [0.1, 0.15) is 11.5 Å². The van der Waals surface area contributed by atoms with Crippen LogP contribution in [0.15, 0.2) is 12.1 Å². The molecular weight excluding hydrogens is 528 g/mol. The average Bonchev–Trinajstić information content (AvgIpc) is 2.73. The highest BCUT2D eigenvalue weighted by Crippen LogP contribution is 2.33.